The van der Waals surface area contributed by atoms with E-state index in [9.17, 15) is 9.18 Å². The molecule has 0 radical (unpaired) electrons. The number of rotatable bonds is 4. The predicted molar refractivity (Wildman–Crippen MR) is 67.0 cm³/mol. The first-order chi connectivity index (χ1) is 8.15. The minimum absolute atomic E-state index is 0.117. The van der Waals surface area contributed by atoms with Gasteiger partial charge in [0.05, 0.1) is 4.47 Å². The topological polar surface area (TPSA) is 41.1 Å². The summed E-state index contributed by atoms with van der Waals surface area (Å²) in [6.07, 6.45) is 1.49. The van der Waals surface area contributed by atoms with Gasteiger partial charge in [0, 0.05) is 25.6 Å². The normalized spacial score (nSPS) is 19.4. The van der Waals surface area contributed by atoms with Crippen molar-refractivity contribution in [3.05, 3.63) is 34.1 Å². The van der Waals surface area contributed by atoms with Crippen LogP contribution in [0.3, 0.4) is 0 Å². The number of halogens is 2. The van der Waals surface area contributed by atoms with Gasteiger partial charge in [-0.05, 0) is 40.0 Å². The minimum Gasteiger partial charge on any atom is -0.352 e. The summed E-state index contributed by atoms with van der Waals surface area (Å²) in [6, 6.07) is 5.28. The third-order valence-corrected chi connectivity index (χ3v) is 3.43. The molecule has 3 nitrogen and oxygen atoms in total. The zero-order chi connectivity index (χ0) is 12.3. The third-order valence-electron chi connectivity index (χ3n) is 2.79. The standard InChI is InChI=1S/C12H14BrFN2O/c13-10-3-1-8(5-11(10)14)6-15-7-9-2-4-12(17)16-9/h1,3,5,9,15H,2,4,6-7H2,(H,16,17). The van der Waals surface area contributed by atoms with E-state index in [1.807, 2.05) is 6.07 Å². The van der Waals surface area contributed by atoms with Crippen LogP contribution < -0.4 is 10.6 Å². The zero-order valence-corrected chi connectivity index (χ0v) is 10.9. The second-order valence-corrected chi connectivity index (χ2v) is 5.04. The molecule has 1 unspecified atom stereocenters. The van der Waals surface area contributed by atoms with E-state index in [1.165, 1.54) is 6.07 Å². The maximum absolute atomic E-state index is 13.2. The highest BCUT2D eigenvalue weighted by Gasteiger charge is 2.19. The van der Waals surface area contributed by atoms with Gasteiger partial charge in [-0.3, -0.25) is 4.79 Å². The Morgan fingerprint density at radius 1 is 1.53 bits per heavy atom. The molecule has 1 amide bonds. The highest BCUT2D eigenvalue weighted by atomic mass is 79.9. The fraction of sp³-hybridized carbons (Fsp3) is 0.417. The lowest BCUT2D eigenvalue weighted by atomic mass is 10.2. The average molecular weight is 301 g/mol. The van der Waals surface area contributed by atoms with E-state index < -0.39 is 0 Å². The minimum atomic E-state index is -0.251. The molecule has 1 aromatic carbocycles. The second-order valence-electron chi connectivity index (χ2n) is 4.18. The fourth-order valence-electron chi connectivity index (χ4n) is 1.87. The first-order valence-corrected chi connectivity index (χ1v) is 6.38. The summed E-state index contributed by atoms with van der Waals surface area (Å²) in [5, 5.41) is 6.09. The number of benzene rings is 1. The Kier molecular flexibility index (Phi) is 4.12. The molecule has 1 aromatic rings. The van der Waals surface area contributed by atoms with Crippen LogP contribution in [-0.2, 0) is 11.3 Å². The molecule has 2 rings (SSSR count). The van der Waals surface area contributed by atoms with Gasteiger partial charge in [-0.2, -0.15) is 0 Å². The van der Waals surface area contributed by atoms with E-state index in [4.69, 9.17) is 0 Å². The molecule has 1 aliphatic heterocycles. The van der Waals surface area contributed by atoms with Gasteiger partial charge in [0.15, 0.2) is 0 Å². The molecule has 0 bridgehead atoms. The highest BCUT2D eigenvalue weighted by Crippen LogP contribution is 2.16. The SMILES string of the molecule is O=C1CCC(CNCc2ccc(Br)c(F)c2)N1. The Balaban J connectivity index is 1.78. The number of nitrogens with one attached hydrogen (secondary N) is 2. The Morgan fingerprint density at radius 2 is 2.35 bits per heavy atom. The molecule has 1 atom stereocenters. The lowest BCUT2D eigenvalue weighted by molar-refractivity contribution is -0.119. The molecule has 5 heteroatoms. The van der Waals surface area contributed by atoms with Gasteiger partial charge in [-0.1, -0.05) is 6.07 Å². The van der Waals surface area contributed by atoms with Crippen molar-refractivity contribution >= 4 is 21.8 Å². The summed E-state index contributed by atoms with van der Waals surface area (Å²) >= 11 is 3.12. The summed E-state index contributed by atoms with van der Waals surface area (Å²) in [4.78, 5) is 11.0. The van der Waals surface area contributed by atoms with Gasteiger partial charge in [-0.25, -0.2) is 4.39 Å². The van der Waals surface area contributed by atoms with Crippen LogP contribution in [0, 0.1) is 5.82 Å². The smallest absolute Gasteiger partial charge is 0.220 e. The quantitative estimate of drug-likeness (QED) is 0.892. The van der Waals surface area contributed by atoms with E-state index in [-0.39, 0.29) is 17.8 Å². The van der Waals surface area contributed by atoms with Gasteiger partial charge in [0.1, 0.15) is 5.82 Å². The number of amides is 1. The lowest BCUT2D eigenvalue weighted by Crippen LogP contribution is -2.35. The number of hydrogen-bond donors (Lipinski definition) is 2. The van der Waals surface area contributed by atoms with Crippen molar-refractivity contribution in [3.8, 4) is 0 Å². The van der Waals surface area contributed by atoms with E-state index in [0.29, 0.717) is 17.4 Å². The first kappa shape index (κ1) is 12.5. The van der Waals surface area contributed by atoms with Crippen molar-refractivity contribution in [1.82, 2.24) is 10.6 Å². The summed E-state index contributed by atoms with van der Waals surface area (Å²) in [5.41, 5.74) is 0.898. The summed E-state index contributed by atoms with van der Waals surface area (Å²) in [5.74, 6) is -0.134. The largest absolute Gasteiger partial charge is 0.352 e. The van der Waals surface area contributed by atoms with Crippen LogP contribution in [0.1, 0.15) is 18.4 Å². The molecular weight excluding hydrogens is 287 g/mol. The van der Waals surface area contributed by atoms with E-state index in [2.05, 4.69) is 26.6 Å². The summed E-state index contributed by atoms with van der Waals surface area (Å²) in [7, 11) is 0. The molecule has 1 heterocycles. The molecule has 1 fully saturated rings. The van der Waals surface area contributed by atoms with E-state index in [0.717, 1.165) is 18.5 Å². The molecular formula is C12H14BrFN2O. The Labute approximate surface area is 108 Å². The van der Waals surface area contributed by atoms with Crippen molar-refractivity contribution in [1.29, 1.82) is 0 Å². The maximum atomic E-state index is 13.2. The molecule has 17 heavy (non-hydrogen) atoms. The van der Waals surface area contributed by atoms with E-state index in [1.54, 1.807) is 6.07 Å². The first-order valence-electron chi connectivity index (χ1n) is 5.59. The number of carbonyl (C=O) groups is 1. The fourth-order valence-corrected chi connectivity index (χ4v) is 2.12. The van der Waals surface area contributed by atoms with Gasteiger partial charge >= 0.3 is 0 Å². The van der Waals surface area contributed by atoms with Gasteiger partial charge in [0.25, 0.3) is 0 Å². The monoisotopic (exact) mass is 300 g/mol. The molecule has 1 saturated heterocycles. The zero-order valence-electron chi connectivity index (χ0n) is 9.30. The van der Waals surface area contributed by atoms with Crippen LogP contribution in [0.15, 0.2) is 22.7 Å². The van der Waals surface area contributed by atoms with Crippen LogP contribution in [0.25, 0.3) is 0 Å². The molecule has 2 N–H and O–H groups in total. The van der Waals surface area contributed by atoms with Gasteiger partial charge in [0.2, 0.25) is 5.91 Å². The van der Waals surface area contributed by atoms with E-state index >= 15 is 0 Å². The van der Waals surface area contributed by atoms with Crippen molar-refractivity contribution in [2.24, 2.45) is 0 Å². The average Bonchev–Trinajstić information content (AvgIpc) is 2.70. The molecule has 92 valence electrons. The third kappa shape index (κ3) is 3.51. The molecule has 1 aliphatic rings. The number of carbonyl (C=O) groups excluding carboxylic acids is 1. The molecule has 0 saturated carbocycles. The van der Waals surface area contributed by atoms with Gasteiger partial charge in [-0.15, -0.1) is 0 Å². The van der Waals surface area contributed by atoms with Crippen LogP contribution in [-0.4, -0.2) is 18.5 Å². The Bertz CT molecular complexity index is 425. The van der Waals surface area contributed by atoms with Crippen LogP contribution >= 0.6 is 15.9 Å². The Hall–Kier alpha value is -0.940. The van der Waals surface area contributed by atoms with Crippen molar-refractivity contribution in [3.63, 3.8) is 0 Å². The Morgan fingerprint density at radius 3 is 3.00 bits per heavy atom. The van der Waals surface area contributed by atoms with Crippen LogP contribution in [0.2, 0.25) is 0 Å². The molecule has 0 spiro atoms. The molecule has 0 aliphatic carbocycles. The van der Waals surface area contributed by atoms with Crippen LogP contribution in [0.5, 0.6) is 0 Å². The predicted octanol–water partition coefficient (Wildman–Crippen LogP) is 1.96. The van der Waals surface area contributed by atoms with Gasteiger partial charge < -0.3 is 10.6 Å². The van der Waals surface area contributed by atoms with Crippen molar-refractivity contribution < 1.29 is 9.18 Å². The lowest BCUT2D eigenvalue weighted by Gasteiger charge is -2.11. The second kappa shape index (κ2) is 5.60. The van der Waals surface area contributed by atoms with Crippen molar-refractivity contribution in [2.45, 2.75) is 25.4 Å². The summed E-state index contributed by atoms with van der Waals surface area (Å²) in [6.45, 7) is 1.33. The van der Waals surface area contributed by atoms with Crippen LogP contribution in [0.4, 0.5) is 4.39 Å². The molecule has 0 aromatic heterocycles. The number of hydrogen-bond acceptors (Lipinski definition) is 2. The highest BCUT2D eigenvalue weighted by molar-refractivity contribution is 9.10. The maximum Gasteiger partial charge on any atom is 0.220 e. The summed E-state index contributed by atoms with van der Waals surface area (Å²) < 4.78 is 13.7. The van der Waals surface area contributed by atoms with Crippen molar-refractivity contribution in [2.75, 3.05) is 6.54 Å².